The molecule has 27 heavy (non-hydrogen) atoms. The molecule has 2 aromatic heterocycles. The number of carbonyl (C=O) groups excluding carboxylic acids is 1. The van der Waals surface area contributed by atoms with E-state index >= 15 is 0 Å². The van der Waals surface area contributed by atoms with Gasteiger partial charge >= 0.3 is 0 Å². The van der Waals surface area contributed by atoms with Gasteiger partial charge in [-0.15, -0.1) is 0 Å². The number of hydrogen-bond donors (Lipinski definition) is 1. The number of amides is 1. The van der Waals surface area contributed by atoms with Crippen molar-refractivity contribution in [2.45, 2.75) is 39.2 Å². The largest absolute Gasteiger partial charge is 0.357 e. The van der Waals surface area contributed by atoms with Gasteiger partial charge in [0, 0.05) is 44.5 Å². The zero-order valence-corrected chi connectivity index (χ0v) is 17.1. The van der Waals surface area contributed by atoms with Crippen LogP contribution in [0.4, 0.5) is 0 Å². The molecule has 1 aliphatic rings. The van der Waals surface area contributed by atoms with Crippen LogP contribution in [0.15, 0.2) is 30.6 Å². The molecule has 1 amide bonds. The fourth-order valence-corrected chi connectivity index (χ4v) is 3.23. The first kappa shape index (κ1) is 19.3. The minimum Gasteiger partial charge on any atom is -0.357 e. The number of aromatic nitrogens is 3. The van der Waals surface area contributed by atoms with E-state index in [4.69, 9.17) is 12.2 Å². The van der Waals surface area contributed by atoms with Crippen molar-refractivity contribution < 1.29 is 4.79 Å². The summed E-state index contributed by atoms with van der Waals surface area (Å²) in [5, 5.41) is 11.8. The summed E-state index contributed by atoms with van der Waals surface area (Å²) in [5.74, 6) is -0.0801. The molecular weight excluding hydrogens is 360 g/mol. The molecule has 2 aromatic rings. The summed E-state index contributed by atoms with van der Waals surface area (Å²) >= 11 is 5.53. The van der Waals surface area contributed by atoms with E-state index in [9.17, 15) is 4.79 Å². The molecule has 1 fully saturated rings. The number of hydrogen-bond acceptors (Lipinski definition) is 4. The minimum absolute atomic E-state index is 0.0801. The van der Waals surface area contributed by atoms with E-state index < -0.39 is 0 Å². The lowest BCUT2D eigenvalue weighted by molar-refractivity contribution is 0.0480. The van der Waals surface area contributed by atoms with Crippen LogP contribution in [0.1, 0.15) is 48.9 Å². The number of aryl methyl sites for hydroxylation is 1. The second-order valence-electron chi connectivity index (χ2n) is 7.71. The Morgan fingerprint density at radius 3 is 2.67 bits per heavy atom. The molecule has 1 N–H and O–H groups in total. The Hall–Kier alpha value is -2.48. The van der Waals surface area contributed by atoms with Gasteiger partial charge in [-0.2, -0.15) is 5.10 Å². The summed E-state index contributed by atoms with van der Waals surface area (Å²) in [6, 6.07) is 5.76. The Kier molecular flexibility index (Phi) is 5.46. The van der Waals surface area contributed by atoms with Gasteiger partial charge in [-0.05, 0) is 36.3 Å². The first-order valence-electron chi connectivity index (χ1n) is 9.08. The third-order valence-electron chi connectivity index (χ3n) is 4.53. The minimum atomic E-state index is -0.110. The van der Waals surface area contributed by atoms with Gasteiger partial charge in [-0.3, -0.25) is 19.5 Å². The fourth-order valence-electron chi connectivity index (χ4n) is 2.97. The summed E-state index contributed by atoms with van der Waals surface area (Å²) in [4.78, 5) is 17.2. The standard InChI is InChI=1S/C19H26N6OS/c1-19(2,3)16-11-15(23(4)22-16)17(26)24-9-6-10-25(24)18(27)21-13-14-7-5-8-20-12-14/h5,7-8,11-12H,6,9-10,13H2,1-4H3,(H,21,27). The predicted molar refractivity (Wildman–Crippen MR) is 108 cm³/mol. The molecule has 1 saturated heterocycles. The summed E-state index contributed by atoms with van der Waals surface area (Å²) in [5.41, 5.74) is 2.40. The van der Waals surface area contributed by atoms with Gasteiger partial charge in [0.15, 0.2) is 5.11 Å². The molecule has 0 radical (unpaired) electrons. The highest BCUT2D eigenvalue weighted by molar-refractivity contribution is 7.80. The molecular formula is C19H26N6OS. The van der Waals surface area contributed by atoms with Crippen LogP contribution in [0.5, 0.6) is 0 Å². The SMILES string of the molecule is Cn1nc(C(C)(C)C)cc1C(=O)N1CCCN1C(=S)NCc1cccnc1. The highest BCUT2D eigenvalue weighted by Gasteiger charge is 2.32. The van der Waals surface area contributed by atoms with E-state index in [0.29, 0.717) is 30.4 Å². The van der Waals surface area contributed by atoms with Gasteiger partial charge in [0.05, 0.1) is 5.69 Å². The van der Waals surface area contributed by atoms with Crippen LogP contribution in [0.2, 0.25) is 0 Å². The normalized spacial score (nSPS) is 14.5. The summed E-state index contributed by atoms with van der Waals surface area (Å²) < 4.78 is 1.66. The third-order valence-corrected chi connectivity index (χ3v) is 4.89. The van der Waals surface area contributed by atoms with Crippen molar-refractivity contribution in [3.8, 4) is 0 Å². The van der Waals surface area contributed by atoms with Crippen LogP contribution in [-0.2, 0) is 19.0 Å². The lowest BCUT2D eigenvalue weighted by atomic mass is 9.92. The summed E-state index contributed by atoms with van der Waals surface area (Å²) in [7, 11) is 1.81. The van der Waals surface area contributed by atoms with Crippen molar-refractivity contribution in [3.63, 3.8) is 0 Å². The molecule has 0 bridgehead atoms. The second kappa shape index (κ2) is 7.64. The number of thiocarbonyl (C=S) groups is 1. The Morgan fingerprint density at radius 2 is 2.04 bits per heavy atom. The first-order valence-corrected chi connectivity index (χ1v) is 9.49. The number of hydrazine groups is 1. The van der Waals surface area contributed by atoms with Crippen LogP contribution in [0.25, 0.3) is 0 Å². The van der Waals surface area contributed by atoms with E-state index in [2.05, 4.69) is 36.2 Å². The van der Waals surface area contributed by atoms with Crippen LogP contribution in [-0.4, -0.2) is 48.9 Å². The number of nitrogens with zero attached hydrogens (tertiary/aromatic N) is 5. The molecule has 0 aromatic carbocycles. The quantitative estimate of drug-likeness (QED) is 0.816. The molecule has 7 nitrogen and oxygen atoms in total. The maximum Gasteiger partial charge on any atom is 0.290 e. The van der Waals surface area contributed by atoms with Crippen LogP contribution < -0.4 is 5.32 Å². The van der Waals surface area contributed by atoms with E-state index in [-0.39, 0.29) is 11.3 Å². The van der Waals surface area contributed by atoms with Gasteiger partial charge in [-0.1, -0.05) is 26.8 Å². The van der Waals surface area contributed by atoms with Gasteiger partial charge in [-0.25, -0.2) is 5.01 Å². The maximum absolute atomic E-state index is 13.1. The molecule has 0 atom stereocenters. The Morgan fingerprint density at radius 1 is 1.30 bits per heavy atom. The van der Waals surface area contributed by atoms with E-state index in [0.717, 1.165) is 17.7 Å². The zero-order chi connectivity index (χ0) is 19.6. The lowest BCUT2D eigenvalue weighted by Crippen LogP contribution is -2.49. The van der Waals surface area contributed by atoms with Crippen molar-refractivity contribution in [2.24, 2.45) is 7.05 Å². The average Bonchev–Trinajstić information content (AvgIpc) is 3.26. The number of rotatable bonds is 3. The van der Waals surface area contributed by atoms with Gasteiger partial charge < -0.3 is 5.32 Å². The molecule has 1 aliphatic heterocycles. The molecule has 0 aliphatic carbocycles. The van der Waals surface area contributed by atoms with Gasteiger partial charge in [0.25, 0.3) is 5.91 Å². The van der Waals surface area contributed by atoms with Crippen LogP contribution in [0.3, 0.4) is 0 Å². The molecule has 3 heterocycles. The number of carbonyl (C=O) groups is 1. The topological polar surface area (TPSA) is 66.3 Å². The highest BCUT2D eigenvalue weighted by atomic mass is 32.1. The molecule has 0 spiro atoms. The molecule has 8 heteroatoms. The Balaban J connectivity index is 1.71. The third kappa shape index (κ3) is 4.27. The van der Waals surface area contributed by atoms with Gasteiger partial charge in [0.2, 0.25) is 0 Å². The Labute approximate surface area is 165 Å². The van der Waals surface area contributed by atoms with Crippen molar-refractivity contribution in [1.29, 1.82) is 0 Å². The van der Waals surface area contributed by atoms with Crippen molar-refractivity contribution in [1.82, 2.24) is 30.1 Å². The van der Waals surface area contributed by atoms with Crippen LogP contribution in [0, 0.1) is 0 Å². The lowest BCUT2D eigenvalue weighted by Gasteiger charge is -2.30. The van der Waals surface area contributed by atoms with Crippen molar-refractivity contribution >= 4 is 23.2 Å². The van der Waals surface area contributed by atoms with Gasteiger partial charge in [0.1, 0.15) is 5.69 Å². The maximum atomic E-state index is 13.1. The fraction of sp³-hybridized carbons (Fsp3) is 0.474. The average molecular weight is 387 g/mol. The smallest absolute Gasteiger partial charge is 0.290 e. The molecule has 0 saturated carbocycles. The molecule has 144 valence electrons. The highest BCUT2D eigenvalue weighted by Crippen LogP contribution is 2.23. The Bertz CT molecular complexity index is 826. The second-order valence-corrected chi connectivity index (χ2v) is 8.10. The van der Waals surface area contributed by atoms with Crippen LogP contribution >= 0.6 is 12.2 Å². The van der Waals surface area contributed by atoms with E-state index in [1.165, 1.54) is 0 Å². The molecule has 0 unspecified atom stereocenters. The van der Waals surface area contributed by atoms with E-state index in [1.54, 1.807) is 22.1 Å². The zero-order valence-electron chi connectivity index (χ0n) is 16.3. The monoisotopic (exact) mass is 386 g/mol. The first-order chi connectivity index (χ1) is 12.8. The summed E-state index contributed by atoms with van der Waals surface area (Å²) in [6.07, 6.45) is 4.42. The molecule has 3 rings (SSSR count). The summed E-state index contributed by atoms with van der Waals surface area (Å²) in [6.45, 7) is 8.19. The van der Waals surface area contributed by atoms with E-state index in [1.807, 2.05) is 30.3 Å². The van der Waals surface area contributed by atoms with Crippen molar-refractivity contribution in [3.05, 3.63) is 47.5 Å². The van der Waals surface area contributed by atoms with Crippen molar-refractivity contribution in [2.75, 3.05) is 13.1 Å². The number of pyridine rings is 1. The predicted octanol–water partition coefficient (Wildman–Crippen LogP) is 2.25. The number of nitrogens with one attached hydrogen (secondary N) is 1.